The molecule has 3 heterocycles. The average Bonchev–Trinajstić information content (AvgIpc) is 3.38. The first-order valence-corrected chi connectivity index (χ1v) is 11.1. The summed E-state index contributed by atoms with van der Waals surface area (Å²) in [5, 5.41) is 0. The Hall–Kier alpha value is -4.42. The van der Waals surface area contributed by atoms with E-state index in [1.165, 1.54) is 40.9 Å². The number of anilines is 1. The summed E-state index contributed by atoms with van der Waals surface area (Å²) in [6.45, 7) is 0.0810. The van der Waals surface area contributed by atoms with E-state index in [0.717, 1.165) is 12.3 Å². The number of rotatable bonds is 5. The summed E-state index contributed by atoms with van der Waals surface area (Å²) in [6, 6.07) is 11.9. The van der Waals surface area contributed by atoms with Crippen LogP contribution in [0.2, 0.25) is 0 Å². The smallest absolute Gasteiger partial charge is 0.405 e. The number of hydrogen-bond acceptors (Lipinski definition) is 5. The van der Waals surface area contributed by atoms with Crippen molar-refractivity contribution < 1.29 is 35.9 Å². The van der Waals surface area contributed by atoms with Crippen molar-refractivity contribution >= 4 is 11.7 Å². The van der Waals surface area contributed by atoms with Gasteiger partial charge in [-0.1, -0.05) is 36.4 Å². The molecule has 0 radical (unpaired) electrons. The van der Waals surface area contributed by atoms with Crippen molar-refractivity contribution in [2.75, 3.05) is 4.90 Å². The van der Waals surface area contributed by atoms with E-state index in [-0.39, 0.29) is 41.9 Å². The Bertz CT molecular complexity index is 1510. The maximum Gasteiger partial charge on any atom is 0.573 e. The van der Waals surface area contributed by atoms with E-state index >= 15 is 0 Å². The van der Waals surface area contributed by atoms with Crippen molar-refractivity contribution in [2.24, 2.45) is 7.05 Å². The number of ether oxygens (including phenoxy) is 1. The molecule has 2 aromatic heterocycles. The molecule has 38 heavy (non-hydrogen) atoms. The number of aromatic nitrogens is 4. The van der Waals surface area contributed by atoms with Gasteiger partial charge in [0, 0.05) is 30.6 Å². The van der Waals surface area contributed by atoms with Gasteiger partial charge in [-0.25, -0.2) is 15.0 Å². The molecule has 1 amide bonds. The van der Waals surface area contributed by atoms with Gasteiger partial charge in [-0.2, -0.15) is 13.2 Å². The molecule has 0 aliphatic carbocycles. The molecule has 0 atom stereocenters. The van der Waals surface area contributed by atoms with Gasteiger partial charge in [-0.15, -0.1) is 13.2 Å². The van der Waals surface area contributed by atoms with Gasteiger partial charge in [-0.3, -0.25) is 9.69 Å². The van der Waals surface area contributed by atoms with Gasteiger partial charge in [0.2, 0.25) is 5.91 Å². The van der Waals surface area contributed by atoms with E-state index < -0.39 is 24.0 Å². The maximum atomic E-state index is 13.0. The van der Waals surface area contributed by atoms with Crippen LogP contribution in [0, 0.1) is 0 Å². The molecule has 13 heteroatoms. The predicted molar refractivity (Wildman–Crippen MR) is 123 cm³/mol. The highest BCUT2D eigenvalue weighted by molar-refractivity contribution is 6.00. The van der Waals surface area contributed by atoms with E-state index in [0.29, 0.717) is 16.7 Å². The van der Waals surface area contributed by atoms with E-state index in [9.17, 15) is 31.1 Å². The van der Waals surface area contributed by atoms with Gasteiger partial charge >= 0.3 is 12.5 Å². The molecule has 1 aliphatic rings. The summed E-state index contributed by atoms with van der Waals surface area (Å²) in [7, 11) is 1.46. The normalized spacial score (nSPS) is 13.7. The van der Waals surface area contributed by atoms with Crippen molar-refractivity contribution in [1.29, 1.82) is 0 Å². The Kier molecular flexibility index (Phi) is 6.08. The van der Waals surface area contributed by atoms with Gasteiger partial charge < -0.3 is 9.30 Å². The number of fused-ring (bicyclic) bond motifs is 1. The molecule has 2 aromatic carbocycles. The van der Waals surface area contributed by atoms with Crippen molar-refractivity contribution in [3.63, 3.8) is 0 Å². The molecule has 0 bridgehead atoms. The first-order chi connectivity index (χ1) is 17.9. The Morgan fingerprint density at radius 2 is 1.68 bits per heavy atom. The molecule has 0 unspecified atom stereocenters. The summed E-state index contributed by atoms with van der Waals surface area (Å²) in [5.74, 6) is -0.425. The van der Waals surface area contributed by atoms with Crippen LogP contribution in [0.3, 0.4) is 0 Å². The number of amides is 1. The lowest BCUT2D eigenvalue weighted by molar-refractivity contribution is -0.274. The van der Waals surface area contributed by atoms with Crippen molar-refractivity contribution in [2.45, 2.75) is 25.5 Å². The van der Waals surface area contributed by atoms with Crippen LogP contribution in [0.4, 0.5) is 32.2 Å². The number of para-hydroxylation sites is 1. The third-order valence-electron chi connectivity index (χ3n) is 5.81. The SMILES string of the molecule is Cn1cc(C(F)(F)F)nc1-c1ccc(CN2C(=O)Cc3cnc(-c4ccccc4OC(F)(F)F)nc32)cc1. The summed E-state index contributed by atoms with van der Waals surface area (Å²) in [5.41, 5.74) is 0.616. The lowest BCUT2D eigenvalue weighted by Gasteiger charge is -2.18. The fourth-order valence-electron chi connectivity index (χ4n) is 4.10. The second-order valence-corrected chi connectivity index (χ2v) is 8.50. The summed E-state index contributed by atoms with van der Waals surface area (Å²) >= 11 is 0. The molecule has 0 spiro atoms. The van der Waals surface area contributed by atoms with Gasteiger partial charge in [-0.05, 0) is 17.7 Å². The lowest BCUT2D eigenvalue weighted by Crippen LogP contribution is -2.26. The molecular formula is C25H17F6N5O2. The summed E-state index contributed by atoms with van der Waals surface area (Å²) in [4.78, 5) is 26.3. The number of nitrogens with zero attached hydrogens (tertiary/aromatic N) is 5. The molecule has 0 saturated carbocycles. The fraction of sp³-hybridized carbons (Fsp3) is 0.200. The Morgan fingerprint density at radius 1 is 0.974 bits per heavy atom. The zero-order chi connectivity index (χ0) is 27.2. The second-order valence-electron chi connectivity index (χ2n) is 8.50. The van der Waals surface area contributed by atoms with Crippen LogP contribution in [0.1, 0.15) is 16.8 Å². The van der Waals surface area contributed by atoms with Crippen LogP contribution in [0.5, 0.6) is 5.75 Å². The molecule has 0 N–H and O–H groups in total. The van der Waals surface area contributed by atoms with Crippen LogP contribution in [-0.4, -0.2) is 31.8 Å². The fourth-order valence-corrected chi connectivity index (χ4v) is 4.10. The van der Waals surface area contributed by atoms with Gasteiger partial charge in [0.05, 0.1) is 18.5 Å². The van der Waals surface area contributed by atoms with Gasteiger partial charge in [0.1, 0.15) is 17.4 Å². The van der Waals surface area contributed by atoms with Gasteiger partial charge in [0.15, 0.2) is 11.5 Å². The number of carbonyl (C=O) groups excluding carboxylic acids is 1. The quantitative estimate of drug-likeness (QED) is 0.315. The minimum absolute atomic E-state index is 0.00423. The van der Waals surface area contributed by atoms with Crippen molar-refractivity contribution in [3.8, 4) is 28.5 Å². The van der Waals surface area contributed by atoms with E-state index in [2.05, 4.69) is 19.7 Å². The van der Waals surface area contributed by atoms with Crippen LogP contribution in [-0.2, 0) is 31.0 Å². The second kappa shape index (κ2) is 9.15. The number of benzene rings is 2. The van der Waals surface area contributed by atoms with Crippen molar-refractivity contribution in [3.05, 3.63) is 77.7 Å². The first-order valence-electron chi connectivity index (χ1n) is 11.1. The highest BCUT2D eigenvalue weighted by atomic mass is 19.4. The first kappa shape index (κ1) is 25.2. The molecule has 5 rings (SSSR count). The highest BCUT2D eigenvalue weighted by Crippen LogP contribution is 2.35. The topological polar surface area (TPSA) is 73.1 Å². The monoisotopic (exact) mass is 533 g/mol. The maximum absolute atomic E-state index is 13.0. The zero-order valence-electron chi connectivity index (χ0n) is 19.5. The zero-order valence-corrected chi connectivity index (χ0v) is 19.5. The van der Waals surface area contributed by atoms with E-state index in [4.69, 9.17) is 0 Å². The van der Waals surface area contributed by atoms with E-state index in [1.807, 2.05) is 0 Å². The third-order valence-corrected chi connectivity index (χ3v) is 5.81. The summed E-state index contributed by atoms with van der Waals surface area (Å²) < 4.78 is 82.9. The summed E-state index contributed by atoms with van der Waals surface area (Å²) in [6.07, 6.45) is -7.17. The third kappa shape index (κ3) is 5.04. The number of hydrogen-bond donors (Lipinski definition) is 0. The molecule has 1 aliphatic heterocycles. The van der Waals surface area contributed by atoms with Crippen LogP contribution >= 0.6 is 0 Å². The van der Waals surface area contributed by atoms with Crippen LogP contribution in [0.25, 0.3) is 22.8 Å². The number of carbonyl (C=O) groups is 1. The molecule has 0 fully saturated rings. The van der Waals surface area contributed by atoms with E-state index in [1.54, 1.807) is 24.3 Å². The number of imidazole rings is 1. The Balaban J connectivity index is 1.41. The van der Waals surface area contributed by atoms with Crippen LogP contribution < -0.4 is 9.64 Å². The molecular weight excluding hydrogens is 516 g/mol. The average molecular weight is 533 g/mol. The number of aryl methyl sites for hydroxylation is 1. The molecule has 196 valence electrons. The van der Waals surface area contributed by atoms with Crippen LogP contribution in [0.15, 0.2) is 60.9 Å². The minimum atomic E-state index is -4.91. The lowest BCUT2D eigenvalue weighted by atomic mass is 10.1. The molecule has 0 saturated heterocycles. The molecule has 7 nitrogen and oxygen atoms in total. The predicted octanol–water partition coefficient (Wildman–Crippen LogP) is 5.55. The highest BCUT2D eigenvalue weighted by Gasteiger charge is 2.35. The van der Waals surface area contributed by atoms with Gasteiger partial charge in [0.25, 0.3) is 0 Å². The minimum Gasteiger partial charge on any atom is -0.405 e. The molecule has 4 aromatic rings. The Morgan fingerprint density at radius 3 is 2.34 bits per heavy atom. The number of halogens is 6. The van der Waals surface area contributed by atoms with Crippen molar-refractivity contribution in [1.82, 2.24) is 19.5 Å². The Labute approximate surface area is 211 Å². The number of alkyl halides is 6. The standard InChI is InChI=1S/C25H17F6N5O2/c1-35-13-19(24(26,27)28)33-22(35)15-8-6-14(7-9-15)12-36-20(37)10-16-11-32-21(34-23(16)36)17-4-2-3-5-18(17)38-25(29,30)31/h2-9,11,13H,10,12H2,1H3. The largest absolute Gasteiger partial charge is 0.573 e.